The Balaban J connectivity index is 3.36. The third-order valence-corrected chi connectivity index (χ3v) is 1.64. The van der Waals surface area contributed by atoms with Gasteiger partial charge in [0, 0.05) is 13.1 Å². The van der Waals surface area contributed by atoms with Crippen LogP contribution in [0, 0.1) is 15.9 Å². The first kappa shape index (κ1) is 10.1. The maximum atomic E-state index is 13.1. The number of nitrogens with one attached hydrogen (secondary N) is 1. The molecular formula is C8H7FN2O3. The van der Waals surface area contributed by atoms with Crippen molar-refractivity contribution in [1.29, 1.82) is 0 Å². The molecule has 74 valence electrons. The molecule has 0 heterocycles. The SMILES string of the molecule is CNC(=O)c1c(F)cccc1[N+](=O)[O-]. The molecule has 0 spiro atoms. The Morgan fingerprint density at radius 2 is 2.21 bits per heavy atom. The van der Waals surface area contributed by atoms with Gasteiger partial charge < -0.3 is 5.32 Å². The Kier molecular flexibility index (Phi) is 2.76. The van der Waals surface area contributed by atoms with E-state index in [0.717, 1.165) is 12.1 Å². The second-order valence-electron chi connectivity index (χ2n) is 2.47. The van der Waals surface area contributed by atoms with E-state index >= 15 is 0 Å². The van der Waals surface area contributed by atoms with Crippen molar-refractivity contribution in [3.05, 3.63) is 39.7 Å². The molecule has 1 aromatic carbocycles. The number of nitrogens with zero attached hydrogens (tertiary/aromatic N) is 1. The lowest BCUT2D eigenvalue weighted by Crippen LogP contribution is -2.20. The normalized spacial score (nSPS) is 9.57. The quantitative estimate of drug-likeness (QED) is 0.571. The van der Waals surface area contributed by atoms with Gasteiger partial charge in [-0.05, 0) is 6.07 Å². The lowest BCUT2D eigenvalue weighted by molar-refractivity contribution is -0.385. The van der Waals surface area contributed by atoms with Crippen molar-refractivity contribution in [1.82, 2.24) is 5.32 Å². The van der Waals surface area contributed by atoms with Crippen molar-refractivity contribution < 1.29 is 14.1 Å². The fourth-order valence-electron chi connectivity index (χ4n) is 1.01. The third kappa shape index (κ3) is 1.68. The van der Waals surface area contributed by atoms with Gasteiger partial charge >= 0.3 is 0 Å². The maximum absolute atomic E-state index is 13.1. The summed E-state index contributed by atoms with van der Waals surface area (Å²) in [6, 6.07) is 3.26. The smallest absolute Gasteiger partial charge is 0.285 e. The van der Waals surface area contributed by atoms with Gasteiger partial charge in [-0.3, -0.25) is 14.9 Å². The van der Waals surface area contributed by atoms with E-state index in [1.54, 1.807) is 0 Å². The lowest BCUT2D eigenvalue weighted by Gasteiger charge is -2.01. The van der Waals surface area contributed by atoms with E-state index in [1.807, 2.05) is 0 Å². The van der Waals surface area contributed by atoms with Crippen molar-refractivity contribution >= 4 is 11.6 Å². The minimum atomic E-state index is -0.904. The largest absolute Gasteiger partial charge is 0.355 e. The lowest BCUT2D eigenvalue weighted by atomic mass is 10.1. The number of nitro groups is 1. The van der Waals surface area contributed by atoms with Gasteiger partial charge in [-0.25, -0.2) is 4.39 Å². The summed E-state index contributed by atoms with van der Waals surface area (Å²) in [6.07, 6.45) is 0. The van der Waals surface area contributed by atoms with Crippen LogP contribution in [0.4, 0.5) is 10.1 Å². The van der Waals surface area contributed by atoms with Gasteiger partial charge in [0.1, 0.15) is 5.82 Å². The molecule has 0 bridgehead atoms. The van der Waals surface area contributed by atoms with E-state index < -0.39 is 27.9 Å². The highest BCUT2D eigenvalue weighted by molar-refractivity contribution is 5.98. The van der Waals surface area contributed by atoms with Crippen molar-refractivity contribution in [3.8, 4) is 0 Å². The Bertz CT molecular complexity index is 392. The molecule has 0 aromatic heterocycles. The van der Waals surface area contributed by atoms with Gasteiger partial charge in [0.05, 0.1) is 4.92 Å². The zero-order valence-electron chi connectivity index (χ0n) is 7.28. The van der Waals surface area contributed by atoms with Crippen LogP contribution in [0.5, 0.6) is 0 Å². The first-order valence-electron chi connectivity index (χ1n) is 3.73. The van der Waals surface area contributed by atoms with Crippen molar-refractivity contribution in [2.24, 2.45) is 0 Å². The fourth-order valence-corrected chi connectivity index (χ4v) is 1.01. The standard InChI is InChI=1S/C8H7FN2O3/c1-10-8(12)7-5(9)3-2-4-6(7)11(13)14/h2-4H,1H3,(H,10,12). The van der Waals surface area contributed by atoms with Crippen molar-refractivity contribution in [2.45, 2.75) is 0 Å². The number of halogens is 1. The van der Waals surface area contributed by atoms with E-state index in [1.165, 1.54) is 13.1 Å². The number of amides is 1. The van der Waals surface area contributed by atoms with Gasteiger partial charge in [-0.2, -0.15) is 0 Å². The van der Waals surface area contributed by atoms with Crippen LogP contribution in [0.15, 0.2) is 18.2 Å². The van der Waals surface area contributed by atoms with E-state index in [9.17, 15) is 19.3 Å². The first-order valence-corrected chi connectivity index (χ1v) is 3.73. The molecule has 0 fully saturated rings. The van der Waals surface area contributed by atoms with E-state index in [2.05, 4.69) is 5.32 Å². The number of rotatable bonds is 2. The molecule has 0 aliphatic carbocycles. The van der Waals surface area contributed by atoms with Gasteiger partial charge in [-0.1, -0.05) is 6.07 Å². The van der Waals surface area contributed by atoms with Crippen LogP contribution in [0.1, 0.15) is 10.4 Å². The fraction of sp³-hybridized carbons (Fsp3) is 0.125. The molecule has 0 atom stereocenters. The predicted molar refractivity (Wildman–Crippen MR) is 46.4 cm³/mol. The van der Waals surface area contributed by atoms with Crippen LogP contribution in [-0.2, 0) is 0 Å². The van der Waals surface area contributed by atoms with Crippen LogP contribution in [0.2, 0.25) is 0 Å². The molecule has 14 heavy (non-hydrogen) atoms. The number of hydrogen-bond acceptors (Lipinski definition) is 3. The Morgan fingerprint density at radius 1 is 1.57 bits per heavy atom. The summed E-state index contributed by atoms with van der Waals surface area (Å²) in [5.74, 6) is -1.71. The Labute approximate surface area is 78.7 Å². The van der Waals surface area contributed by atoms with Crippen LogP contribution in [0.3, 0.4) is 0 Å². The molecule has 0 saturated carbocycles. The van der Waals surface area contributed by atoms with Crippen LogP contribution < -0.4 is 5.32 Å². The van der Waals surface area contributed by atoms with Gasteiger partial charge in [0.2, 0.25) is 0 Å². The number of nitro benzene ring substituents is 1. The maximum Gasteiger partial charge on any atom is 0.285 e. The second kappa shape index (κ2) is 3.82. The minimum Gasteiger partial charge on any atom is -0.355 e. The topological polar surface area (TPSA) is 72.2 Å². The molecule has 5 nitrogen and oxygen atoms in total. The van der Waals surface area contributed by atoms with E-state index in [-0.39, 0.29) is 0 Å². The molecule has 0 aliphatic heterocycles. The molecule has 1 amide bonds. The van der Waals surface area contributed by atoms with E-state index in [0.29, 0.717) is 0 Å². The van der Waals surface area contributed by atoms with Crippen LogP contribution in [0.25, 0.3) is 0 Å². The summed E-state index contributed by atoms with van der Waals surface area (Å²) in [6.45, 7) is 0. The van der Waals surface area contributed by atoms with Gasteiger partial charge in [0.15, 0.2) is 5.56 Å². The average Bonchev–Trinajstić information content (AvgIpc) is 2.16. The molecular weight excluding hydrogens is 191 g/mol. The summed E-state index contributed by atoms with van der Waals surface area (Å²) in [5, 5.41) is 12.6. The van der Waals surface area contributed by atoms with Gasteiger partial charge in [0.25, 0.3) is 11.6 Å². The summed E-state index contributed by atoms with van der Waals surface area (Å²) in [4.78, 5) is 20.8. The summed E-state index contributed by atoms with van der Waals surface area (Å²) in [5.41, 5.74) is -1.08. The molecule has 1 N–H and O–H groups in total. The monoisotopic (exact) mass is 198 g/mol. The van der Waals surface area contributed by atoms with Gasteiger partial charge in [-0.15, -0.1) is 0 Å². The molecule has 0 unspecified atom stereocenters. The van der Waals surface area contributed by atoms with E-state index in [4.69, 9.17) is 0 Å². The highest BCUT2D eigenvalue weighted by Crippen LogP contribution is 2.20. The summed E-state index contributed by atoms with van der Waals surface area (Å²) < 4.78 is 13.1. The number of hydrogen-bond donors (Lipinski definition) is 1. The van der Waals surface area contributed by atoms with Crippen LogP contribution >= 0.6 is 0 Å². The molecule has 0 radical (unpaired) electrons. The average molecular weight is 198 g/mol. The zero-order valence-corrected chi connectivity index (χ0v) is 7.28. The van der Waals surface area contributed by atoms with Crippen LogP contribution in [-0.4, -0.2) is 17.9 Å². The first-order chi connectivity index (χ1) is 6.57. The predicted octanol–water partition coefficient (Wildman–Crippen LogP) is 1.09. The number of carbonyl (C=O) groups is 1. The highest BCUT2D eigenvalue weighted by atomic mass is 19.1. The third-order valence-electron chi connectivity index (χ3n) is 1.64. The summed E-state index contributed by atoms with van der Waals surface area (Å²) >= 11 is 0. The number of carbonyl (C=O) groups excluding carboxylic acids is 1. The Hall–Kier alpha value is -1.98. The number of benzene rings is 1. The molecule has 1 rings (SSSR count). The second-order valence-corrected chi connectivity index (χ2v) is 2.47. The molecule has 0 aliphatic rings. The molecule has 1 aromatic rings. The summed E-state index contributed by atoms with van der Waals surface area (Å²) in [7, 11) is 1.28. The van der Waals surface area contributed by atoms with Crippen molar-refractivity contribution in [3.63, 3.8) is 0 Å². The highest BCUT2D eigenvalue weighted by Gasteiger charge is 2.22. The molecule has 6 heteroatoms. The molecule has 0 saturated heterocycles. The van der Waals surface area contributed by atoms with Crippen molar-refractivity contribution in [2.75, 3.05) is 7.05 Å². The Morgan fingerprint density at radius 3 is 2.71 bits per heavy atom. The zero-order chi connectivity index (χ0) is 10.7. The minimum absolute atomic E-state index is 0.538.